The van der Waals surface area contributed by atoms with E-state index in [0.29, 0.717) is 30.5 Å². The van der Waals surface area contributed by atoms with Gasteiger partial charge in [-0.1, -0.05) is 11.6 Å². The van der Waals surface area contributed by atoms with Crippen molar-refractivity contribution in [2.45, 2.75) is 57.8 Å². The summed E-state index contributed by atoms with van der Waals surface area (Å²) >= 11 is 0. The van der Waals surface area contributed by atoms with Gasteiger partial charge in [-0.25, -0.2) is 4.79 Å². The Kier molecular flexibility index (Phi) is 5.39. The molecule has 0 aromatic rings. The molecule has 2 rings (SSSR count). The van der Waals surface area contributed by atoms with Crippen molar-refractivity contribution in [2.75, 3.05) is 6.54 Å². The van der Waals surface area contributed by atoms with Crippen molar-refractivity contribution < 1.29 is 14.7 Å². The van der Waals surface area contributed by atoms with Gasteiger partial charge in [-0.3, -0.25) is 4.79 Å². The molecule has 0 unspecified atom stereocenters. The number of hydrogen-bond acceptors (Lipinski definition) is 2. The number of carbonyl (C=O) groups excluding carboxylic acids is 1. The summed E-state index contributed by atoms with van der Waals surface area (Å²) < 4.78 is 0. The normalized spacial score (nSPS) is 19.5. The highest BCUT2D eigenvalue weighted by Gasteiger charge is 2.23. The van der Waals surface area contributed by atoms with Crippen LogP contribution in [0.2, 0.25) is 0 Å². The maximum absolute atomic E-state index is 12.1. The van der Waals surface area contributed by atoms with Crippen LogP contribution in [0.25, 0.3) is 0 Å². The highest BCUT2D eigenvalue weighted by atomic mass is 16.4. The molecular weight excluding hydrogens is 254 g/mol. The first kappa shape index (κ1) is 14.8. The van der Waals surface area contributed by atoms with E-state index < -0.39 is 5.97 Å². The zero-order valence-electron chi connectivity index (χ0n) is 11.9. The molecule has 1 amide bonds. The van der Waals surface area contributed by atoms with Crippen molar-refractivity contribution in [1.29, 1.82) is 0 Å². The second kappa shape index (κ2) is 7.27. The van der Waals surface area contributed by atoms with Crippen LogP contribution >= 0.6 is 0 Å². The number of nitrogens with one attached hydrogen (secondary N) is 1. The van der Waals surface area contributed by atoms with Crippen molar-refractivity contribution in [3.05, 3.63) is 22.8 Å². The summed E-state index contributed by atoms with van der Waals surface area (Å²) in [6.07, 6.45) is 10.9. The molecule has 0 heterocycles. The number of rotatable bonds is 5. The maximum atomic E-state index is 12.1. The Labute approximate surface area is 119 Å². The Morgan fingerprint density at radius 3 is 2.40 bits per heavy atom. The third kappa shape index (κ3) is 3.95. The van der Waals surface area contributed by atoms with Gasteiger partial charge in [0.25, 0.3) is 0 Å². The van der Waals surface area contributed by atoms with E-state index in [-0.39, 0.29) is 5.91 Å². The first-order valence-corrected chi connectivity index (χ1v) is 7.60. The lowest BCUT2D eigenvalue weighted by molar-refractivity contribution is -0.133. The molecule has 4 heteroatoms. The maximum Gasteiger partial charge on any atom is 0.332 e. The Morgan fingerprint density at radius 2 is 1.75 bits per heavy atom. The van der Waals surface area contributed by atoms with Crippen molar-refractivity contribution in [1.82, 2.24) is 5.32 Å². The summed E-state index contributed by atoms with van der Waals surface area (Å²) in [5.74, 6) is -1.12. The molecular formula is C16H23NO3. The first-order valence-electron chi connectivity index (χ1n) is 7.60. The lowest BCUT2D eigenvalue weighted by Gasteiger charge is -2.18. The minimum Gasteiger partial charge on any atom is -0.478 e. The Morgan fingerprint density at radius 1 is 1.05 bits per heavy atom. The molecule has 0 fully saturated rings. The number of carboxylic acids is 1. The summed E-state index contributed by atoms with van der Waals surface area (Å²) in [6, 6.07) is 0. The molecule has 2 aliphatic rings. The SMILES string of the molecule is O=C(O)C1=C(C(=O)NCCC2=CCCCC2)CCCC1. The van der Waals surface area contributed by atoms with Crippen LogP contribution < -0.4 is 5.32 Å². The zero-order valence-corrected chi connectivity index (χ0v) is 11.9. The van der Waals surface area contributed by atoms with Gasteiger partial charge >= 0.3 is 5.97 Å². The van der Waals surface area contributed by atoms with E-state index in [2.05, 4.69) is 11.4 Å². The van der Waals surface area contributed by atoms with Crippen LogP contribution in [0.3, 0.4) is 0 Å². The number of carbonyl (C=O) groups is 2. The average molecular weight is 277 g/mol. The number of hydrogen-bond donors (Lipinski definition) is 2. The predicted octanol–water partition coefficient (Wildman–Crippen LogP) is 2.95. The summed E-state index contributed by atoms with van der Waals surface area (Å²) in [6.45, 7) is 0.612. The van der Waals surface area contributed by atoms with Gasteiger partial charge in [0.05, 0.1) is 0 Å². The molecule has 0 saturated carbocycles. The molecule has 0 saturated heterocycles. The van der Waals surface area contributed by atoms with Gasteiger partial charge in [-0.15, -0.1) is 0 Å². The van der Waals surface area contributed by atoms with Crippen molar-refractivity contribution in [3.8, 4) is 0 Å². The zero-order chi connectivity index (χ0) is 14.4. The van der Waals surface area contributed by atoms with Crippen LogP contribution in [-0.2, 0) is 9.59 Å². The van der Waals surface area contributed by atoms with Crippen molar-refractivity contribution in [3.63, 3.8) is 0 Å². The van der Waals surface area contributed by atoms with E-state index in [1.54, 1.807) is 0 Å². The van der Waals surface area contributed by atoms with Gasteiger partial charge < -0.3 is 10.4 Å². The van der Waals surface area contributed by atoms with Crippen molar-refractivity contribution >= 4 is 11.9 Å². The third-order valence-electron chi connectivity index (χ3n) is 4.12. The molecule has 0 bridgehead atoms. The molecule has 20 heavy (non-hydrogen) atoms. The second-order valence-electron chi connectivity index (χ2n) is 5.58. The van der Waals surface area contributed by atoms with Crippen LogP contribution in [0.5, 0.6) is 0 Å². The summed E-state index contributed by atoms with van der Waals surface area (Å²) in [7, 11) is 0. The average Bonchev–Trinajstić information content (AvgIpc) is 2.48. The van der Waals surface area contributed by atoms with E-state index >= 15 is 0 Å². The molecule has 2 aliphatic carbocycles. The number of allylic oxidation sites excluding steroid dienone is 1. The van der Waals surface area contributed by atoms with Crippen LogP contribution in [0.1, 0.15) is 57.8 Å². The Bertz CT molecular complexity index is 449. The molecule has 0 aromatic carbocycles. The Hall–Kier alpha value is -1.58. The summed E-state index contributed by atoms with van der Waals surface area (Å²) in [5.41, 5.74) is 2.22. The molecule has 110 valence electrons. The Balaban J connectivity index is 1.87. The minimum atomic E-state index is -0.940. The van der Waals surface area contributed by atoms with Gasteiger partial charge in [-0.2, -0.15) is 0 Å². The molecule has 4 nitrogen and oxygen atoms in total. The first-order chi connectivity index (χ1) is 9.68. The van der Waals surface area contributed by atoms with Crippen molar-refractivity contribution in [2.24, 2.45) is 0 Å². The van der Waals surface area contributed by atoms with Gasteiger partial charge in [0.1, 0.15) is 0 Å². The minimum absolute atomic E-state index is 0.182. The second-order valence-corrected chi connectivity index (χ2v) is 5.58. The van der Waals surface area contributed by atoms with E-state index in [9.17, 15) is 9.59 Å². The highest BCUT2D eigenvalue weighted by Crippen LogP contribution is 2.25. The van der Waals surface area contributed by atoms with Gasteiger partial charge in [0.2, 0.25) is 5.91 Å². The van der Waals surface area contributed by atoms with Gasteiger partial charge in [-0.05, 0) is 57.8 Å². The fraction of sp³-hybridized carbons (Fsp3) is 0.625. The number of aliphatic carboxylic acids is 1. The standard InChI is InChI=1S/C16H23NO3/c18-15(13-8-4-5-9-14(13)16(19)20)17-11-10-12-6-2-1-3-7-12/h6H,1-5,7-11H2,(H,17,18)(H,19,20). The predicted molar refractivity (Wildman–Crippen MR) is 77.3 cm³/mol. The van der Waals surface area contributed by atoms with Crippen LogP contribution in [0.15, 0.2) is 22.8 Å². The molecule has 0 aromatic heterocycles. The van der Waals surface area contributed by atoms with Crippen LogP contribution in [0, 0.1) is 0 Å². The molecule has 0 atom stereocenters. The van der Waals surface area contributed by atoms with Crippen LogP contribution in [0.4, 0.5) is 0 Å². The van der Waals surface area contributed by atoms with E-state index in [1.165, 1.54) is 18.4 Å². The molecule has 2 N–H and O–H groups in total. The van der Waals surface area contributed by atoms with Crippen LogP contribution in [-0.4, -0.2) is 23.5 Å². The lowest BCUT2D eigenvalue weighted by Crippen LogP contribution is -2.29. The summed E-state index contributed by atoms with van der Waals surface area (Å²) in [4.78, 5) is 23.2. The fourth-order valence-electron chi connectivity index (χ4n) is 2.97. The number of carboxylic acid groups (broad SMARTS) is 1. The largest absolute Gasteiger partial charge is 0.478 e. The molecule has 0 spiro atoms. The fourth-order valence-corrected chi connectivity index (χ4v) is 2.97. The molecule has 0 radical (unpaired) electrons. The van der Waals surface area contributed by atoms with E-state index in [0.717, 1.165) is 32.1 Å². The topological polar surface area (TPSA) is 66.4 Å². The lowest BCUT2D eigenvalue weighted by atomic mass is 9.91. The number of amides is 1. The smallest absolute Gasteiger partial charge is 0.332 e. The highest BCUT2D eigenvalue weighted by molar-refractivity contribution is 6.02. The van der Waals surface area contributed by atoms with Gasteiger partial charge in [0, 0.05) is 17.7 Å². The van der Waals surface area contributed by atoms with E-state index in [4.69, 9.17) is 5.11 Å². The van der Waals surface area contributed by atoms with E-state index in [1.807, 2.05) is 0 Å². The summed E-state index contributed by atoms with van der Waals surface area (Å²) in [5, 5.41) is 12.0. The van der Waals surface area contributed by atoms with Gasteiger partial charge in [0.15, 0.2) is 0 Å². The monoisotopic (exact) mass is 277 g/mol. The third-order valence-corrected chi connectivity index (χ3v) is 4.12. The molecule has 0 aliphatic heterocycles. The quantitative estimate of drug-likeness (QED) is 0.759.